The van der Waals surface area contributed by atoms with Crippen LogP contribution in [0.15, 0.2) is 10.5 Å². The zero-order valence-electron chi connectivity index (χ0n) is 15.6. The van der Waals surface area contributed by atoms with Crippen LogP contribution in [0.4, 0.5) is 0 Å². The summed E-state index contributed by atoms with van der Waals surface area (Å²) >= 11 is 0. The fourth-order valence-corrected chi connectivity index (χ4v) is 2.69. The van der Waals surface area contributed by atoms with E-state index in [1.54, 1.807) is 29.9 Å². The Hall–Kier alpha value is -1.82. The molecule has 1 rings (SSSR count). The van der Waals surface area contributed by atoms with Gasteiger partial charge in [0.2, 0.25) is 5.91 Å². The lowest BCUT2D eigenvalue weighted by atomic mass is 10.2. The van der Waals surface area contributed by atoms with Crippen LogP contribution in [0.5, 0.6) is 0 Å². The number of aryl methyl sites for hydroxylation is 2. The highest BCUT2D eigenvalue weighted by Crippen LogP contribution is 2.16. The zero-order chi connectivity index (χ0) is 18.1. The molecule has 0 aliphatic rings. The number of nitrogens with zero attached hydrogens (tertiary/aromatic N) is 2. The Kier molecular flexibility index (Phi) is 8.54. The van der Waals surface area contributed by atoms with Crippen LogP contribution in [-0.4, -0.2) is 61.5 Å². The molecule has 0 aliphatic heterocycles. The van der Waals surface area contributed by atoms with E-state index in [1.807, 2.05) is 20.8 Å². The molecule has 6 heteroatoms. The normalized spacial score (nSPS) is 10.7. The lowest BCUT2D eigenvalue weighted by molar-refractivity contribution is -0.131. The molecule has 1 heterocycles. The Bertz CT molecular complexity index is 535. The van der Waals surface area contributed by atoms with Gasteiger partial charge >= 0.3 is 0 Å². The first-order chi connectivity index (χ1) is 11.4. The minimum Gasteiger partial charge on any atom is -0.466 e. The summed E-state index contributed by atoms with van der Waals surface area (Å²) in [6, 6.07) is 1.76. The van der Waals surface area contributed by atoms with Crippen molar-refractivity contribution < 1.29 is 18.7 Å². The van der Waals surface area contributed by atoms with Crippen molar-refractivity contribution >= 4 is 11.8 Å². The second-order valence-electron chi connectivity index (χ2n) is 5.78. The number of amides is 2. The lowest BCUT2D eigenvalue weighted by Crippen LogP contribution is -2.38. The summed E-state index contributed by atoms with van der Waals surface area (Å²) in [6.45, 7) is 10.4. The third-order valence-electron chi connectivity index (χ3n) is 4.05. The third kappa shape index (κ3) is 5.67. The largest absolute Gasteiger partial charge is 0.466 e. The van der Waals surface area contributed by atoms with Gasteiger partial charge in [0.05, 0.1) is 5.56 Å². The van der Waals surface area contributed by atoms with Crippen molar-refractivity contribution in [1.29, 1.82) is 0 Å². The first kappa shape index (κ1) is 20.2. The minimum atomic E-state index is -0.0900. The first-order valence-corrected chi connectivity index (χ1v) is 8.57. The number of carbonyl (C=O) groups excluding carboxylic acids is 2. The highest BCUT2D eigenvalue weighted by molar-refractivity contribution is 5.95. The van der Waals surface area contributed by atoms with Gasteiger partial charge in [-0.15, -0.1) is 0 Å². The monoisotopic (exact) mass is 338 g/mol. The molecule has 0 radical (unpaired) electrons. The minimum absolute atomic E-state index is 0.0737. The SMILES string of the molecule is CCN(CC)C(=O)CCN(CCCOC)C(=O)c1cc(C)oc1C. The summed E-state index contributed by atoms with van der Waals surface area (Å²) in [5.41, 5.74) is 0.570. The molecule has 0 aliphatic carbocycles. The first-order valence-electron chi connectivity index (χ1n) is 8.57. The molecule has 0 atom stereocenters. The molecule has 0 bridgehead atoms. The van der Waals surface area contributed by atoms with Gasteiger partial charge in [-0.2, -0.15) is 0 Å². The van der Waals surface area contributed by atoms with Crippen molar-refractivity contribution in [2.24, 2.45) is 0 Å². The molecule has 0 N–H and O–H groups in total. The predicted molar refractivity (Wildman–Crippen MR) is 93.1 cm³/mol. The van der Waals surface area contributed by atoms with Crippen LogP contribution in [-0.2, 0) is 9.53 Å². The molecule has 24 heavy (non-hydrogen) atoms. The lowest BCUT2D eigenvalue weighted by Gasteiger charge is -2.24. The standard InChI is InChI=1S/C18H30N2O4/c1-6-19(7-2)17(21)9-11-20(10-8-12-23-5)18(22)16-13-14(3)24-15(16)4/h13H,6-12H2,1-5H3. The summed E-state index contributed by atoms with van der Waals surface area (Å²) in [4.78, 5) is 28.5. The molecule has 0 fully saturated rings. The maximum Gasteiger partial charge on any atom is 0.257 e. The van der Waals surface area contributed by atoms with Gasteiger partial charge in [-0.3, -0.25) is 9.59 Å². The number of rotatable bonds is 10. The maximum absolute atomic E-state index is 12.8. The predicted octanol–water partition coefficient (Wildman–Crippen LogP) is 2.63. The van der Waals surface area contributed by atoms with E-state index >= 15 is 0 Å². The highest BCUT2D eigenvalue weighted by Gasteiger charge is 2.21. The summed E-state index contributed by atoms with van der Waals surface area (Å²) < 4.78 is 10.5. The van der Waals surface area contributed by atoms with Gasteiger partial charge in [-0.05, 0) is 40.2 Å². The molecule has 0 aromatic carbocycles. The smallest absolute Gasteiger partial charge is 0.257 e. The Labute approximate surface area is 144 Å². The number of ether oxygens (including phenoxy) is 1. The number of hydrogen-bond acceptors (Lipinski definition) is 4. The van der Waals surface area contributed by atoms with Gasteiger partial charge in [-0.25, -0.2) is 0 Å². The van der Waals surface area contributed by atoms with Crippen LogP contribution in [0.2, 0.25) is 0 Å². The van der Waals surface area contributed by atoms with Gasteiger partial charge in [0.15, 0.2) is 0 Å². The van der Waals surface area contributed by atoms with Gasteiger partial charge in [0, 0.05) is 46.3 Å². The van der Waals surface area contributed by atoms with Crippen LogP contribution >= 0.6 is 0 Å². The molecule has 0 saturated heterocycles. The van der Waals surface area contributed by atoms with E-state index in [4.69, 9.17) is 9.15 Å². The van der Waals surface area contributed by atoms with Crippen LogP contribution in [0.25, 0.3) is 0 Å². The quantitative estimate of drug-likeness (QED) is 0.615. The Balaban J connectivity index is 2.78. The fraction of sp³-hybridized carbons (Fsp3) is 0.667. The van der Waals surface area contributed by atoms with E-state index < -0.39 is 0 Å². The summed E-state index contributed by atoms with van der Waals surface area (Å²) in [6.07, 6.45) is 1.06. The number of carbonyl (C=O) groups is 2. The summed E-state index contributed by atoms with van der Waals surface area (Å²) in [7, 11) is 1.64. The topological polar surface area (TPSA) is 63.0 Å². The molecule has 1 aromatic heterocycles. The molecular formula is C18H30N2O4. The number of furan rings is 1. The molecule has 6 nitrogen and oxygen atoms in total. The van der Waals surface area contributed by atoms with Crippen molar-refractivity contribution in [3.8, 4) is 0 Å². The third-order valence-corrected chi connectivity index (χ3v) is 4.05. The van der Waals surface area contributed by atoms with Gasteiger partial charge in [0.25, 0.3) is 5.91 Å². The zero-order valence-corrected chi connectivity index (χ0v) is 15.6. The second-order valence-corrected chi connectivity index (χ2v) is 5.78. The Morgan fingerprint density at radius 1 is 1.12 bits per heavy atom. The fourth-order valence-electron chi connectivity index (χ4n) is 2.69. The average molecular weight is 338 g/mol. The van der Waals surface area contributed by atoms with Gasteiger partial charge in [0.1, 0.15) is 11.5 Å². The van der Waals surface area contributed by atoms with Crippen molar-refractivity contribution in [2.75, 3.05) is 39.9 Å². The van der Waals surface area contributed by atoms with Crippen LogP contribution in [0.1, 0.15) is 48.6 Å². The maximum atomic E-state index is 12.8. The highest BCUT2D eigenvalue weighted by atomic mass is 16.5. The second kappa shape index (κ2) is 10.1. The number of methoxy groups -OCH3 is 1. The van der Waals surface area contributed by atoms with Gasteiger partial charge < -0.3 is 19.0 Å². The Morgan fingerprint density at radius 3 is 2.29 bits per heavy atom. The molecule has 136 valence electrons. The van der Waals surface area contributed by atoms with Crippen LogP contribution in [0.3, 0.4) is 0 Å². The number of hydrogen-bond donors (Lipinski definition) is 0. The molecule has 0 unspecified atom stereocenters. The average Bonchev–Trinajstić information content (AvgIpc) is 2.89. The van der Waals surface area contributed by atoms with Crippen molar-refractivity contribution in [3.05, 3.63) is 23.2 Å². The Morgan fingerprint density at radius 2 is 1.79 bits per heavy atom. The van der Waals surface area contributed by atoms with E-state index in [0.717, 1.165) is 6.42 Å². The summed E-state index contributed by atoms with van der Waals surface area (Å²) in [5.74, 6) is 1.31. The molecule has 1 aromatic rings. The van der Waals surface area contributed by atoms with Gasteiger partial charge in [-0.1, -0.05) is 0 Å². The van der Waals surface area contributed by atoms with Crippen LogP contribution < -0.4 is 0 Å². The van der Waals surface area contributed by atoms with Crippen LogP contribution in [0, 0.1) is 13.8 Å². The molecule has 0 saturated carbocycles. The van der Waals surface area contributed by atoms with E-state index in [9.17, 15) is 9.59 Å². The van der Waals surface area contributed by atoms with Crippen molar-refractivity contribution in [2.45, 2.75) is 40.5 Å². The van der Waals surface area contributed by atoms with Crippen molar-refractivity contribution in [1.82, 2.24) is 9.80 Å². The van der Waals surface area contributed by atoms with E-state index in [-0.39, 0.29) is 11.8 Å². The molecule has 0 spiro atoms. The van der Waals surface area contributed by atoms with E-state index in [2.05, 4.69) is 0 Å². The van der Waals surface area contributed by atoms with E-state index in [0.29, 0.717) is 56.3 Å². The summed E-state index contributed by atoms with van der Waals surface area (Å²) in [5, 5.41) is 0. The van der Waals surface area contributed by atoms with E-state index in [1.165, 1.54) is 0 Å². The van der Waals surface area contributed by atoms with Crippen molar-refractivity contribution in [3.63, 3.8) is 0 Å². The molecular weight excluding hydrogens is 308 g/mol. The molecule has 2 amide bonds.